The van der Waals surface area contributed by atoms with Crippen LogP contribution in [0.5, 0.6) is 0 Å². The third-order valence-electron chi connectivity index (χ3n) is 2.79. The summed E-state index contributed by atoms with van der Waals surface area (Å²) in [5.74, 6) is 0.978. The molecule has 2 atom stereocenters. The van der Waals surface area contributed by atoms with E-state index in [1.165, 1.54) is 0 Å². The lowest BCUT2D eigenvalue weighted by atomic mass is 10.2. The van der Waals surface area contributed by atoms with Crippen molar-refractivity contribution in [2.75, 3.05) is 6.54 Å². The number of hydrogen-bond acceptors (Lipinski definition) is 6. The van der Waals surface area contributed by atoms with Crippen LogP contribution in [0.15, 0.2) is 16.8 Å². The van der Waals surface area contributed by atoms with E-state index in [0.29, 0.717) is 30.4 Å². The van der Waals surface area contributed by atoms with Gasteiger partial charge in [0, 0.05) is 19.8 Å². The maximum atomic E-state index is 9.42. The molecule has 0 spiro atoms. The van der Waals surface area contributed by atoms with Gasteiger partial charge in [-0.15, -0.1) is 0 Å². The summed E-state index contributed by atoms with van der Waals surface area (Å²) >= 11 is 0. The van der Waals surface area contributed by atoms with E-state index in [9.17, 15) is 5.11 Å². The number of hydrogen-bond donors (Lipinski definition) is 2. The molecule has 0 unspecified atom stereocenters. The van der Waals surface area contributed by atoms with Crippen molar-refractivity contribution in [3.8, 4) is 11.5 Å². The summed E-state index contributed by atoms with van der Waals surface area (Å²) in [6.45, 7) is 0.561. The lowest BCUT2D eigenvalue weighted by molar-refractivity contribution is 0.191. The summed E-state index contributed by atoms with van der Waals surface area (Å²) in [6.07, 6.45) is 2.08. The van der Waals surface area contributed by atoms with E-state index in [1.807, 2.05) is 19.3 Å². The molecule has 0 amide bonds. The second-order valence-electron chi connectivity index (χ2n) is 4.18. The minimum absolute atomic E-state index is 0.0602. The first kappa shape index (κ1) is 10.4. The van der Waals surface area contributed by atoms with Crippen molar-refractivity contribution in [3.05, 3.63) is 18.2 Å². The molecule has 1 saturated heterocycles. The molecule has 3 heterocycles. The molecule has 1 fully saturated rings. The predicted octanol–water partition coefficient (Wildman–Crippen LogP) is -0.135. The zero-order valence-corrected chi connectivity index (χ0v) is 9.37. The standard InChI is InChI=1S/C10H13N5O2/c1-15-3-2-7(13-15)9-12-10(17-14-9)8-4-6(16)5-11-8/h2-3,6,8,11,16H,4-5H2,1H3/t6-,8+/m0/s1. The van der Waals surface area contributed by atoms with Crippen LogP contribution in [0.2, 0.25) is 0 Å². The van der Waals surface area contributed by atoms with Gasteiger partial charge in [0.2, 0.25) is 11.7 Å². The number of nitrogens with one attached hydrogen (secondary N) is 1. The highest BCUT2D eigenvalue weighted by atomic mass is 16.5. The van der Waals surface area contributed by atoms with E-state index in [0.717, 1.165) is 0 Å². The number of aryl methyl sites for hydroxylation is 1. The van der Waals surface area contributed by atoms with Gasteiger partial charge in [-0.25, -0.2) is 0 Å². The zero-order chi connectivity index (χ0) is 11.8. The number of aliphatic hydroxyl groups is 1. The second-order valence-corrected chi connectivity index (χ2v) is 4.18. The van der Waals surface area contributed by atoms with Gasteiger partial charge in [0.05, 0.1) is 12.1 Å². The van der Waals surface area contributed by atoms with Gasteiger partial charge in [-0.05, 0) is 12.5 Å². The van der Waals surface area contributed by atoms with E-state index in [4.69, 9.17) is 4.52 Å². The largest absolute Gasteiger partial charge is 0.392 e. The fraction of sp³-hybridized carbons (Fsp3) is 0.500. The Morgan fingerprint density at radius 3 is 3.12 bits per heavy atom. The van der Waals surface area contributed by atoms with Gasteiger partial charge in [0.25, 0.3) is 0 Å². The summed E-state index contributed by atoms with van der Waals surface area (Å²) in [6, 6.07) is 1.76. The monoisotopic (exact) mass is 235 g/mol. The van der Waals surface area contributed by atoms with Crippen LogP contribution in [0.4, 0.5) is 0 Å². The number of β-amino-alcohol motifs (C(OH)–C–C–N with tert-alkyl or cyclic N) is 1. The molecular formula is C10H13N5O2. The molecule has 17 heavy (non-hydrogen) atoms. The summed E-state index contributed by atoms with van der Waals surface area (Å²) in [7, 11) is 1.83. The van der Waals surface area contributed by atoms with Crippen LogP contribution in [0.3, 0.4) is 0 Å². The summed E-state index contributed by atoms with van der Waals surface area (Å²) in [5.41, 5.74) is 0.682. The molecule has 2 aromatic heterocycles. The van der Waals surface area contributed by atoms with Crippen molar-refractivity contribution in [2.24, 2.45) is 7.05 Å². The maximum absolute atomic E-state index is 9.42. The SMILES string of the molecule is Cn1ccc(-c2noc([C@H]3C[C@H](O)CN3)n2)n1. The van der Waals surface area contributed by atoms with Gasteiger partial charge in [-0.1, -0.05) is 5.16 Å². The van der Waals surface area contributed by atoms with E-state index >= 15 is 0 Å². The van der Waals surface area contributed by atoms with Crippen LogP contribution in [0, 0.1) is 0 Å². The van der Waals surface area contributed by atoms with Gasteiger partial charge in [-0.2, -0.15) is 10.1 Å². The normalized spacial score (nSPS) is 24.4. The van der Waals surface area contributed by atoms with Crippen LogP contribution >= 0.6 is 0 Å². The van der Waals surface area contributed by atoms with Crippen LogP contribution in [-0.4, -0.2) is 37.7 Å². The van der Waals surface area contributed by atoms with Crippen LogP contribution < -0.4 is 5.32 Å². The fourth-order valence-corrected chi connectivity index (χ4v) is 1.92. The molecule has 7 heteroatoms. The second kappa shape index (κ2) is 3.94. The zero-order valence-electron chi connectivity index (χ0n) is 9.37. The number of rotatable bonds is 2. The van der Waals surface area contributed by atoms with E-state index in [2.05, 4.69) is 20.6 Å². The molecule has 1 aliphatic rings. The Balaban J connectivity index is 1.83. The lowest BCUT2D eigenvalue weighted by Gasteiger charge is -2.01. The first-order chi connectivity index (χ1) is 8.22. The Labute approximate surface area is 97.4 Å². The molecule has 0 saturated carbocycles. The lowest BCUT2D eigenvalue weighted by Crippen LogP contribution is -2.15. The van der Waals surface area contributed by atoms with Crippen molar-refractivity contribution < 1.29 is 9.63 Å². The summed E-state index contributed by atoms with van der Waals surface area (Å²) in [4.78, 5) is 4.28. The number of aliphatic hydroxyl groups excluding tert-OH is 1. The molecule has 3 rings (SSSR count). The first-order valence-corrected chi connectivity index (χ1v) is 5.47. The predicted molar refractivity (Wildman–Crippen MR) is 57.9 cm³/mol. The quantitative estimate of drug-likeness (QED) is 0.753. The Bertz CT molecular complexity index is 520. The van der Waals surface area contributed by atoms with E-state index < -0.39 is 0 Å². The van der Waals surface area contributed by atoms with E-state index in [1.54, 1.807) is 4.68 Å². The highest BCUT2D eigenvalue weighted by molar-refractivity contribution is 5.46. The topological polar surface area (TPSA) is 89.0 Å². The maximum Gasteiger partial charge on any atom is 0.244 e. The Kier molecular flexibility index (Phi) is 2.41. The molecular weight excluding hydrogens is 222 g/mol. The van der Waals surface area contributed by atoms with Gasteiger partial charge in [0.15, 0.2) is 0 Å². The van der Waals surface area contributed by atoms with Gasteiger partial charge in [0.1, 0.15) is 5.69 Å². The van der Waals surface area contributed by atoms with E-state index in [-0.39, 0.29) is 12.1 Å². The van der Waals surface area contributed by atoms with Crippen LogP contribution in [0.1, 0.15) is 18.4 Å². The van der Waals surface area contributed by atoms with Crippen molar-refractivity contribution >= 4 is 0 Å². The van der Waals surface area contributed by atoms with Crippen molar-refractivity contribution in [1.29, 1.82) is 0 Å². The van der Waals surface area contributed by atoms with Crippen LogP contribution in [-0.2, 0) is 7.05 Å². The molecule has 0 radical (unpaired) electrons. The summed E-state index contributed by atoms with van der Waals surface area (Å²) in [5, 5.41) is 20.6. The van der Waals surface area contributed by atoms with Gasteiger partial charge >= 0.3 is 0 Å². The molecule has 7 nitrogen and oxygen atoms in total. The third kappa shape index (κ3) is 1.94. The molecule has 0 aliphatic carbocycles. The molecule has 0 aromatic carbocycles. The Morgan fingerprint density at radius 1 is 1.59 bits per heavy atom. The molecule has 2 N–H and O–H groups in total. The van der Waals surface area contributed by atoms with Gasteiger partial charge < -0.3 is 14.9 Å². The molecule has 0 bridgehead atoms. The first-order valence-electron chi connectivity index (χ1n) is 5.47. The van der Waals surface area contributed by atoms with Crippen molar-refractivity contribution in [3.63, 3.8) is 0 Å². The van der Waals surface area contributed by atoms with Crippen molar-refractivity contribution in [2.45, 2.75) is 18.6 Å². The minimum Gasteiger partial charge on any atom is -0.392 e. The smallest absolute Gasteiger partial charge is 0.244 e. The minimum atomic E-state index is -0.342. The molecule has 90 valence electrons. The molecule has 2 aromatic rings. The van der Waals surface area contributed by atoms with Gasteiger partial charge in [-0.3, -0.25) is 4.68 Å². The average Bonchev–Trinajstić information content (AvgIpc) is 2.96. The highest BCUT2D eigenvalue weighted by Crippen LogP contribution is 2.23. The molecule has 1 aliphatic heterocycles. The van der Waals surface area contributed by atoms with Crippen LogP contribution in [0.25, 0.3) is 11.5 Å². The number of aromatic nitrogens is 4. The Morgan fingerprint density at radius 2 is 2.47 bits per heavy atom. The Hall–Kier alpha value is -1.73. The highest BCUT2D eigenvalue weighted by Gasteiger charge is 2.28. The fourth-order valence-electron chi connectivity index (χ4n) is 1.92. The average molecular weight is 235 g/mol. The number of nitrogens with zero attached hydrogens (tertiary/aromatic N) is 4. The third-order valence-corrected chi connectivity index (χ3v) is 2.79. The summed E-state index contributed by atoms with van der Waals surface area (Å²) < 4.78 is 6.86. The van der Waals surface area contributed by atoms with Crippen molar-refractivity contribution in [1.82, 2.24) is 25.2 Å².